The molecule has 1 amide bonds. The Labute approximate surface area is 90.5 Å². The lowest BCUT2D eigenvalue weighted by molar-refractivity contribution is -0.191. The fourth-order valence-electron chi connectivity index (χ4n) is 2.06. The molecule has 0 unspecified atom stereocenters. The van der Waals surface area contributed by atoms with Crippen molar-refractivity contribution in [3.8, 4) is 0 Å². The molecule has 0 aromatic rings. The van der Waals surface area contributed by atoms with E-state index in [2.05, 4.69) is 0 Å². The lowest BCUT2D eigenvalue weighted by Gasteiger charge is -2.31. The van der Waals surface area contributed by atoms with Gasteiger partial charge in [-0.2, -0.15) is 0 Å². The van der Waals surface area contributed by atoms with Crippen molar-refractivity contribution in [2.75, 3.05) is 7.11 Å². The van der Waals surface area contributed by atoms with Gasteiger partial charge in [0.1, 0.15) is 5.78 Å². The summed E-state index contributed by atoms with van der Waals surface area (Å²) in [7, 11) is 1.49. The van der Waals surface area contributed by atoms with E-state index in [1.807, 2.05) is 0 Å². The fraction of sp³-hybridized carbons (Fsp3) is 0.818. The maximum atomic E-state index is 11.7. The third-order valence-corrected chi connectivity index (χ3v) is 2.75. The number of carbonyl (C=O) groups is 2. The average Bonchev–Trinajstić information content (AvgIpc) is 2.19. The SMILES string of the molecule is CON(C(=O)CC(C)=O)C1CCCCC1. The molecule has 0 spiro atoms. The minimum absolute atomic E-state index is 0.0513. The van der Waals surface area contributed by atoms with E-state index in [0.717, 1.165) is 25.7 Å². The maximum absolute atomic E-state index is 11.7. The number of Topliss-reactive ketones (excluding diaryl/α,β-unsaturated/α-hetero) is 1. The molecule has 1 fully saturated rings. The largest absolute Gasteiger partial charge is 0.299 e. The topological polar surface area (TPSA) is 46.6 Å². The number of hydrogen-bond donors (Lipinski definition) is 0. The third kappa shape index (κ3) is 3.63. The van der Waals surface area contributed by atoms with Gasteiger partial charge < -0.3 is 0 Å². The Kier molecular flexibility index (Phi) is 4.75. The van der Waals surface area contributed by atoms with Crippen LogP contribution in [0.5, 0.6) is 0 Å². The van der Waals surface area contributed by atoms with E-state index in [9.17, 15) is 9.59 Å². The first-order valence-corrected chi connectivity index (χ1v) is 5.50. The van der Waals surface area contributed by atoms with Crippen molar-refractivity contribution < 1.29 is 14.4 Å². The first-order chi connectivity index (χ1) is 7.15. The monoisotopic (exact) mass is 213 g/mol. The molecule has 0 radical (unpaired) electrons. The molecule has 0 saturated heterocycles. The van der Waals surface area contributed by atoms with Gasteiger partial charge in [0.25, 0.3) is 5.91 Å². The van der Waals surface area contributed by atoms with Crippen molar-refractivity contribution in [2.45, 2.75) is 51.5 Å². The van der Waals surface area contributed by atoms with E-state index in [-0.39, 0.29) is 24.2 Å². The summed E-state index contributed by atoms with van der Waals surface area (Å²) in [5.74, 6) is -0.324. The van der Waals surface area contributed by atoms with Gasteiger partial charge in [-0.25, -0.2) is 5.06 Å². The van der Waals surface area contributed by atoms with Gasteiger partial charge in [-0.1, -0.05) is 19.3 Å². The zero-order valence-corrected chi connectivity index (χ0v) is 9.49. The van der Waals surface area contributed by atoms with Crippen LogP contribution in [0.4, 0.5) is 0 Å². The van der Waals surface area contributed by atoms with Crippen LogP contribution in [-0.2, 0) is 14.4 Å². The first kappa shape index (κ1) is 12.2. The van der Waals surface area contributed by atoms with E-state index in [1.54, 1.807) is 0 Å². The van der Waals surface area contributed by atoms with Gasteiger partial charge in [0.2, 0.25) is 0 Å². The van der Waals surface area contributed by atoms with Crippen LogP contribution in [0.3, 0.4) is 0 Å². The highest BCUT2D eigenvalue weighted by atomic mass is 16.7. The van der Waals surface area contributed by atoms with Crippen molar-refractivity contribution in [3.63, 3.8) is 0 Å². The second-order valence-electron chi connectivity index (χ2n) is 4.07. The van der Waals surface area contributed by atoms with Crippen LogP contribution >= 0.6 is 0 Å². The Morgan fingerprint density at radius 1 is 1.27 bits per heavy atom. The molecule has 0 aliphatic heterocycles. The second-order valence-corrected chi connectivity index (χ2v) is 4.07. The molecule has 1 aliphatic carbocycles. The predicted octanol–water partition coefficient (Wildman–Crippen LogP) is 1.69. The fourth-order valence-corrected chi connectivity index (χ4v) is 2.06. The smallest absolute Gasteiger partial charge is 0.253 e. The molecule has 15 heavy (non-hydrogen) atoms. The van der Waals surface area contributed by atoms with E-state index in [4.69, 9.17) is 4.84 Å². The number of ketones is 1. The highest BCUT2D eigenvalue weighted by Crippen LogP contribution is 2.23. The van der Waals surface area contributed by atoms with E-state index >= 15 is 0 Å². The number of hydrogen-bond acceptors (Lipinski definition) is 3. The summed E-state index contributed by atoms with van der Waals surface area (Å²) < 4.78 is 0. The second kappa shape index (κ2) is 5.85. The van der Waals surface area contributed by atoms with E-state index in [0.29, 0.717) is 0 Å². The maximum Gasteiger partial charge on any atom is 0.253 e. The van der Waals surface area contributed by atoms with Gasteiger partial charge in [0.15, 0.2) is 0 Å². The standard InChI is InChI=1S/C11H19NO3/c1-9(13)8-11(14)12(15-2)10-6-4-3-5-7-10/h10H,3-8H2,1-2H3. The summed E-state index contributed by atoms with van der Waals surface area (Å²) in [6, 6.07) is 0.163. The van der Waals surface area contributed by atoms with Crippen molar-refractivity contribution in [1.82, 2.24) is 5.06 Å². The Morgan fingerprint density at radius 2 is 1.87 bits per heavy atom. The Bertz CT molecular complexity index is 234. The molecule has 0 atom stereocenters. The molecule has 1 saturated carbocycles. The molecule has 4 heteroatoms. The number of nitrogens with zero attached hydrogens (tertiary/aromatic N) is 1. The van der Waals surface area contributed by atoms with Gasteiger partial charge in [-0.05, 0) is 19.8 Å². The van der Waals surface area contributed by atoms with Crippen LogP contribution in [0.1, 0.15) is 45.4 Å². The summed E-state index contributed by atoms with van der Waals surface area (Å²) >= 11 is 0. The zero-order chi connectivity index (χ0) is 11.3. The molecular weight excluding hydrogens is 194 g/mol. The van der Waals surface area contributed by atoms with Crippen molar-refractivity contribution in [1.29, 1.82) is 0 Å². The molecule has 0 N–H and O–H groups in total. The molecule has 86 valence electrons. The molecule has 0 bridgehead atoms. The van der Waals surface area contributed by atoms with Gasteiger partial charge in [-0.15, -0.1) is 0 Å². The highest BCUT2D eigenvalue weighted by Gasteiger charge is 2.26. The third-order valence-electron chi connectivity index (χ3n) is 2.75. The van der Waals surface area contributed by atoms with Crippen LogP contribution in [0, 0.1) is 0 Å². The Balaban J connectivity index is 2.52. The van der Waals surface area contributed by atoms with Crippen molar-refractivity contribution in [3.05, 3.63) is 0 Å². The van der Waals surface area contributed by atoms with Gasteiger partial charge in [0.05, 0.1) is 19.6 Å². The summed E-state index contributed by atoms with van der Waals surface area (Å²) in [4.78, 5) is 27.6. The molecule has 1 rings (SSSR count). The molecule has 0 aromatic carbocycles. The zero-order valence-electron chi connectivity index (χ0n) is 9.49. The summed E-state index contributed by atoms with van der Waals surface area (Å²) in [5.41, 5.74) is 0. The summed E-state index contributed by atoms with van der Waals surface area (Å²) in [6.45, 7) is 1.42. The number of hydroxylamine groups is 2. The molecule has 0 aromatic heterocycles. The number of carbonyl (C=O) groups excluding carboxylic acids is 2. The van der Waals surface area contributed by atoms with Crippen LogP contribution < -0.4 is 0 Å². The minimum Gasteiger partial charge on any atom is -0.299 e. The predicted molar refractivity (Wildman–Crippen MR) is 56.0 cm³/mol. The van der Waals surface area contributed by atoms with Crippen LogP contribution in [0.2, 0.25) is 0 Å². The van der Waals surface area contributed by atoms with Crippen LogP contribution in [-0.4, -0.2) is 29.9 Å². The normalized spacial score (nSPS) is 17.5. The molecular formula is C11H19NO3. The number of rotatable bonds is 4. The number of amides is 1. The van der Waals surface area contributed by atoms with Crippen LogP contribution in [0.15, 0.2) is 0 Å². The summed E-state index contributed by atoms with van der Waals surface area (Å²) in [5, 5.41) is 1.39. The lowest BCUT2D eigenvalue weighted by Crippen LogP contribution is -2.41. The summed E-state index contributed by atoms with van der Waals surface area (Å²) in [6.07, 6.45) is 5.42. The Hall–Kier alpha value is -0.900. The van der Waals surface area contributed by atoms with E-state index < -0.39 is 0 Å². The van der Waals surface area contributed by atoms with Gasteiger partial charge in [-0.3, -0.25) is 14.4 Å². The van der Waals surface area contributed by atoms with E-state index in [1.165, 1.54) is 25.5 Å². The highest BCUT2D eigenvalue weighted by molar-refractivity contribution is 5.96. The van der Waals surface area contributed by atoms with Gasteiger partial charge in [0, 0.05) is 0 Å². The first-order valence-electron chi connectivity index (χ1n) is 5.50. The minimum atomic E-state index is -0.211. The van der Waals surface area contributed by atoms with Crippen molar-refractivity contribution in [2.24, 2.45) is 0 Å². The van der Waals surface area contributed by atoms with Gasteiger partial charge >= 0.3 is 0 Å². The quantitative estimate of drug-likeness (QED) is 0.527. The Morgan fingerprint density at radius 3 is 2.33 bits per heavy atom. The lowest BCUT2D eigenvalue weighted by atomic mass is 9.95. The molecule has 0 heterocycles. The van der Waals surface area contributed by atoms with Crippen LogP contribution in [0.25, 0.3) is 0 Å². The average molecular weight is 213 g/mol. The van der Waals surface area contributed by atoms with Crippen molar-refractivity contribution >= 4 is 11.7 Å². The molecule has 1 aliphatic rings. The molecule has 4 nitrogen and oxygen atoms in total.